The van der Waals surface area contributed by atoms with Gasteiger partial charge in [-0.25, -0.2) is 4.79 Å². The number of Topliss-reactive ketones (excluding diaryl/α,β-unsaturated/α-hetero) is 2. The Balaban J connectivity index is 1.22. The molecule has 5 aliphatic rings. The summed E-state index contributed by atoms with van der Waals surface area (Å²) in [7, 11) is 0. The third kappa shape index (κ3) is 6.30. The van der Waals surface area contributed by atoms with Gasteiger partial charge in [0, 0.05) is 35.3 Å². The van der Waals surface area contributed by atoms with Crippen LogP contribution in [0.2, 0.25) is 0 Å². The first-order valence-corrected chi connectivity index (χ1v) is 19.0. The minimum absolute atomic E-state index is 0.0538. The van der Waals surface area contributed by atoms with Crippen molar-refractivity contribution in [3.63, 3.8) is 0 Å². The van der Waals surface area contributed by atoms with Gasteiger partial charge in [0.05, 0.1) is 5.92 Å². The van der Waals surface area contributed by atoms with Crippen molar-refractivity contribution in [2.24, 2.45) is 22.1 Å². The van der Waals surface area contributed by atoms with E-state index in [4.69, 9.17) is 9.68 Å². The molecule has 0 spiro atoms. The van der Waals surface area contributed by atoms with E-state index in [1.807, 2.05) is 0 Å². The number of nitrogens with zero attached hydrogens (tertiary/aromatic N) is 2. The van der Waals surface area contributed by atoms with E-state index in [1.54, 1.807) is 0 Å². The molecule has 0 aromatic heterocycles. The van der Waals surface area contributed by atoms with E-state index < -0.39 is 6.29 Å². The monoisotopic (exact) mass is 666 g/mol. The molecule has 0 aliphatic heterocycles. The number of benzene rings is 2. The number of carbonyl (C=O) groups is 3. The minimum Gasteiger partial charge on any atom is -0.363 e. The molecule has 8 heteroatoms. The molecule has 260 valence electrons. The zero-order chi connectivity index (χ0) is 34.1. The second-order valence-corrected chi connectivity index (χ2v) is 15.1. The van der Waals surface area contributed by atoms with Crippen molar-refractivity contribution < 1.29 is 29.2 Å². The largest absolute Gasteiger partial charge is 0.363 e. The van der Waals surface area contributed by atoms with E-state index in [-0.39, 0.29) is 40.5 Å². The van der Waals surface area contributed by atoms with Gasteiger partial charge in [-0.05, 0) is 96.2 Å². The molecule has 49 heavy (non-hydrogen) atoms. The molecule has 0 radical (unpaired) electrons. The van der Waals surface area contributed by atoms with Crippen LogP contribution in [-0.4, -0.2) is 40.4 Å². The molecule has 7 rings (SSSR count). The Morgan fingerprint density at radius 2 is 1.27 bits per heavy atom. The van der Waals surface area contributed by atoms with Crippen molar-refractivity contribution in [2.75, 3.05) is 0 Å². The highest BCUT2D eigenvalue weighted by Gasteiger charge is 2.46. The lowest BCUT2D eigenvalue weighted by Crippen LogP contribution is -2.26. The van der Waals surface area contributed by atoms with Gasteiger partial charge in [0.15, 0.2) is 0 Å². The molecule has 5 aliphatic carbocycles. The van der Waals surface area contributed by atoms with Crippen molar-refractivity contribution in [1.29, 1.82) is 0 Å². The molecule has 2 aromatic carbocycles. The van der Waals surface area contributed by atoms with Crippen molar-refractivity contribution in [3.8, 4) is 11.1 Å². The molecule has 2 aromatic rings. The van der Waals surface area contributed by atoms with Gasteiger partial charge in [0.1, 0.15) is 11.4 Å². The Labute approximate surface area is 289 Å². The summed E-state index contributed by atoms with van der Waals surface area (Å²) in [5, 5.41) is 19.0. The van der Waals surface area contributed by atoms with Gasteiger partial charge in [0.25, 0.3) is 0 Å². The Morgan fingerprint density at radius 3 is 1.80 bits per heavy atom. The van der Waals surface area contributed by atoms with Crippen molar-refractivity contribution in [1.82, 2.24) is 0 Å². The third-order valence-electron chi connectivity index (χ3n) is 12.0. The number of aliphatic hydroxyl groups is 1. The van der Waals surface area contributed by atoms with Crippen molar-refractivity contribution in [3.05, 3.63) is 57.6 Å². The lowest BCUT2D eigenvalue weighted by atomic mass is 9.70. The van der Waals surface area contributed by atoms with Crippen LogP contribution in [0.3, 0.4) is 0 Å². The van der Waals surface area contributed by atoms with Crippen LogP contribution >= 0.6 is 0 Å². The van der Waals surface area contributed by atoms with E-state index in [9.17, 15) is 19.5 Å². The fraction of sp³-hybridized carbons (Fsp3) is 0.585. The van der Waals surface area contributed by atoms with Crippen LogP contribution in [0.1, 0.15) is 160 Å². The van der Waals surface area contributed by atoms with Crippen LogP contribution in [0.25, 0.3) is 11.1 Å². The molecule has 0 saturated heterocycles. The summed E-state index contributed by atoms with van der Waals surface area (Å²) in [4.78, 5) is 51.1. The molecule has 1 unspecified atom stereocenters. The predicted octanol–water partition coefficient (Wildman–Crippen LogP) is 8.56. The summed E-state index contributed by atoms with van der Waals surface area (Å²) < 4.78 is 0. The summed E-state index contributed by atoms with van der Waals surface area (Å²) in [6, 6.07) is 8.49. The zero-order valence-electron chi connectivity index (χ0n) is 29.2. The number of carbonyl (C=O) groups excluding carboxylic acids is 3. The maximum Gasteiger partial charge on any atom is 0.338 e. The van der Waals surface area contributed by atoms with Crippen LogP contribution in [-0.2, 0) is 32.7 Å². The Morgan fingerprint density at radius 1 is 0.755 bits per heavy atom. The fourth-order valence-electron chi connectivity index (χ4n) is 9.12. The minimum atomic E-state index is -0.994. The van der Waals surface area contributed by atoms with Crippen LogP contribution in [0, 0.1) is 11.8 Å². The molecule has 1 N–H and O–H groups in total. The first-order chi connectivity index (χ1) is 23.8. The number of hydrogen-bond acceptors (Lipinski definition) is 8. The predicted molar refractivity (Wildman–Crippen MR) is 189 cm³/mol. The molecule has 0 bridgehead atoms. The van der Waals surface area contributed by atoms with Gasteiger partial charge in [-0.15, -0.1) is 0 Å². The van der Waals surface area contributed by atoms with Crippen molar-refractivity contribution >= 4 is 29.0 Å². The van der Waals surface area contributed by atoms with Crippen LogP contribution in [0.15, 0.2) is 34.6 Å². The van der Waals surface area contributed by atoms with E-state index in [0.29, 0.717) is 29.7 Å². The van der Waals surface area contributed by atoms with Gasteiger partial charge in [0.2, 0.25) is 17.9 Å². The maximum absolute atomic E-state index is 13.8. The van der Waals surface area contributed by atoms with Gasteiger partial charge < -0.3 is 14.8 Å². The number of ketones is 2. The Bertz CT molecular complexity index is 1690. The first-order valence-electron chi connectivity index (χ1n) is 19.0. The normalized spacial score (nSPS) is 22.3. The van der Waals surface area contributed by atoms with Gasteiger partial charge in [-0.1, -0.05) is 88.4 Å². The summed E-state index contributed by atoms with van der Waals surface area (Å²) >= 11 is 0. The quantitative estimate of drug-likeness (QED) is 0.146. The molecular formula is C41H50N2O6. The standard InChI is InChI=1S/C41H50N2O6/c1-3-5-17-41(18-6-4-2)33-23-29-27(21-35(37(29)44)42-48-39(46)25-13-9-7-10-14-25)19-31(33)32-20-28-22-36(38(45)30(28)24-34(32)41)43-49-40(47)26-15-11-8-12-16-26/h19-20,23-26,39,46H,3-18,21-22H2,1-2H3/b42-35-,43-36+. The number of rotatable bonds is 11. The molecule has 1 atom stereocenters. The highest BCUT2D eigenvalue weighted by Crippen LogP contribution is 2.56. The SMILES string of the molecule is CCCCC1(CCCC)c2cc3c(cc2-c2cc4c(cc21)C(=O)/C(=N/OC(=O)C1CCCCC1)C4)C/C(=N/OC(O)C1CCCCC1)C3=O. The van der Waals surface area contributed by atoms with Crippen LogP contribution in [0.5, 0.6) is 0 Å². The highest BCUT2D eigenvalue weighted by molar-refractivity contribution is 6.50. The third-order valence-corrected chi connectivity index (χ3v) is 12.0. The van der Waals surface area contributed by atoms with E-state index in [1.165, 1.54) is 6.42 Å². The van der Waals surface area contributed by atoms with Gasteiger partial charge in [-0.2, -0.15) is 0 Å². The lowest BCUT2D eigenvalue weighted by Gasteiger charge is -2.33. The molecule has 0 heterocycles. The summed E-state index contributed by atoms with van der Waals surface area (Å²) in [6.45, 7) is 4.40. The summed E-state index contributed by atoms with van der Waals surface area (Å²) in [5.41, 5.74) is 7.94. The van der Waals surface area contributed by atoms with Gasteiger partial charge >= 0.3 is 5.97 Å². The smallest absolute Gasteiger partial charge is 0.338 e. The second kappa shape index (κ2) is 14.3. The number of oxime groups is 2. The second-order valence-electron chi connectivity index (χ2n) is 15.1. The van der Waals surface area contributed by atoms with E-state index in [2.05, 4.69) is 48.4 Å². The van der Waals surface area contributed by atoms with E-state index in [0.717, 1.165) is 130 Å². The molecule has 8 nitrogen and oxygen atoms in total. The zero-order valence-corrected chi connectivity index (χ0v) is 29.2. The fourth-order valence-corrected chi connectivity index (χ4v) is 9.12. The number of aliphatic hydroxyl groups excluding tert-OH is 1. The summed E-state index contributed by atoms with van der Waals surface area (Å²) in [5.74, 6) is -0.712. The molecular weight excluding hydrogens is 616 g/mol. The number of unbranched alkanes of at least 4 members (excludes halogenated alkanes) is 2. The molecule has 0 amide bonds. The maximum atomic E-state index is 13.8. The van der Waals surface area contributed by atoms with E-state index >= 15 is 0 Å². The summed E-state index contributed by atoms with van der Waals surface area (Å²) in [6.07, 6.45) is 15.6. The van der Waals surface area contributed by atoms with Crippen LogP contribution in [0.4, 0.5) is 0 Å². The van der Waals surface area contributed by atoms with Gasteiger partial charge in [-0.3, -0.25) is 9.59 Å². The lowest BCUT2D eigenvalue weighted by molar-refractivity contribution is -0.149. The molecule has 2 fully saturated rings. The average molecular weight is 667 g/mol. The number of hydrogen-bond donors (Lipinski definition) is 1. The van der Waals surface area contributed by atoms with Crippen molar-refractivity contribution in [2.45, 2.75) is 141 Å². The average Bonchev–Trinajstić information content (AvgIpc) is 3.72. The van der Waals surface area contributed by atoms with Crippen LogP contribution < -0.4 is 0 Å². The molecule has 2 saturated carbocycles. The first kappa shape index (κ1) is 33.8. The number of fused-ring (bicyclic) bond motifs is 5. The topological polar surface area (TPSA) is 115 Å². The Hall–Kier alpha value is -3.65. The Kier molecular flexibility index (Phi) is 9.87. The highest BCUT2D eigenvalue weighted by atomic mass is 16.7.